The van der Waals surface area contributed by atoms with Gasteiger partial charge in [0.15, 0.2) is 0 Å². The first-order chi connectivity index (χ1) is 12.7. The lowest BCUT2D eigenvalue weighted by molar-refractivity contribution is 0.0202. The summed E-state index contributed by atoms with van der Waals surface area (Å²) in [5, 5.41) is 15.6. The Morgan fingerprint density at radius 1 is 1.23 bits per heavy atom. The molecule has 2 N–H and O–H groups in total. The maximum atomic E-state index is 12.5. The van der Waals surface area contributed by atoms with E-state index in [1.54, 1.807) is 23.6 Å². The minimum atomic E-state index is -0.137. The lowest BCUT2D eigenvalue weighted by Crippen LogP contribution is -2.48. The van der Waals surface area contributed by atoms with Gasteiger partial charge in [0.2, 0.25) is 0 Å². The molecule has 0 aromatic carbocycles. The normalized spacial score (nSPS) is 24.9. The Labute approximate surface area is 158 Å². The van der Waals surface area contributed by atoms with Crippen LogP contribution in [-0.4, -0.2) is 46.1 Å². The average molecular weight is 372 g/mol. The fourth-order valence-corrected chi connectivity index (χ4v) is 4.85. The number of hydrogen-bond donors (Lipinski definition) is 2. The molecular formula is C20H25N3O2S. The molecule has 2 fully saturated rings. The number of pyridine rings is 1. The van der Waals surface area contributed by atoms with Gasteiger partial charge in [0.1, 0.15) is 5.69 Å². The number of amides is 1. The number of likely N-dealkylation sites (tertiary alicyclic amines) is 1. The number of nitrogens with one attached hydrogen (secondary N) is 1. The number of hydrogen-bond acceptors (Lipinski definition) is 5. The highest BCUT2D eigenvalue weighted by atomic mass is 32.1. The number of carbonyl (C=O) groups is 1. The number of aromatic nitrogens is 1. The zero-order valence-corrected chi connectivity index (χ0v) is 15.6. The van der Waals surface area contributed by atoms with E-state index in [0.717, 1.165) is 38.8 Å². The number of aliphatic hydroxyl groups is 1. The Kier molecular flexibility index (Phi) is 5.33. The first kappa shape index (κ1) is 17.6. The van der Waals surface area contributed by atoms with Gasteiger partial charge in [0.25, 0.3) is 5.91 Å². The predicted octanol–water partition coefficient (Wildman–Crippen LogP) is 2.85. The van der Waals surface area contributed by atoms with Crippen LogP contribution >= 0.6 is 11.3 Å². The summed E-state index contributed by atoms with van der Waals surface area (Å²) in [5.41, 5.74) is 0.527. The van der Waals surface area contributed by atoms with Gasteiger partial charge in [-0.15, -0.1) is 11.3 Å². The van der Waals surface area contributed by atoms with E-state index >= 15 is 0 Å². The van der Waals surface area contributed by atoms with Crippen molar-refractivity contribution in [2.75, 3.05) is 13.1 Å². The molecule has 2 aromatic heterocycles. The third kappa shape index (κ3) is 3.82. The smallest absolute Gasteiger partial charge is 0.272 e. The maximum Gasteiger partial charge on any atom is 0.272 e. The molecule has 0 radical (unpaired) electrons. The lowest BCUT2D eigenvalue weighted by Gasteiger charge is -2.41. The number of carbonyl (C=O) groups excluding carboxylic acids is 1. The topological polar surface area (TPSA) is 65.5 Å². The molecule has 3 heterocycles. The van der Waals surface area contributed by atoms with E-state index in [4.69, 9.17) is 0 Å². The summed E-state index contributed by atoms with van der Waals surface area (Å²) in [6, 6.07) is 10.5. The standard InChI is InChI=1S/C20H25N3O2S/c24-16-12-14(13-16)19(18-5-3-11-26-18)22-15-6-9-23(10-7-15)20(25)17-4-1-2-8-21-17/h1-5,8,11,14-16,19,22,24H,6-7,9-10,12-13H2/t14?,16?,19-/m0/s1. The third-order valence-electron chi connectivity index (χ3n) is 5.55. The molecule has 1 aliphatic carbocycles. The van der Waals surface area contributed by atoms with Gasteiger partial charge in [-0.1, -0.05) is 12.1 Å². The summed E-state index contributed by atoms with van der Waals surface area (Å²) < 4.78 is 0. The number of rotatable bonds is 5. The van der Waals surface area contributed by atoms with Gasteiger partial charge in [-0.05, 0) is 55.2 Å². The highest BCUT2D eigenvalue weighted by Gasteiger charge is 2.37. The fraction of sp³-hybridized carbons (Fsp3) is 0.500. The van der Waals surface area contributed by atoms with Gasteiger partial charge in [0, 0.05) is 36.2 Å². The molecule has 26 heavy (non-hydrogen) atoms. The highest BCUT2D eigenvalue weighted by molar-refractivity contribution is 7.10. The van der Waals surface area contributed by atoms with E-state index in [0.29, 0.717) is 23.7 Å². The van der Waals surface area contributed by atoms with Crippen LogP contribution in [0.15, 0.2) is 41.9 Å². The van der Waals surface area contributed by atoms with Crippen LogP contribution in [0, 0.1) is 5.92 Å². The predicted molar refractivity (Wildman–Crippen MR) is 102 cm³/mol. The summed E-state index contributed by atoms with van der Waals surface area (Å²) >= 11 is 1.78. The fourth-order valence-electron chi connectivity index (χ4n) is 3.98. The van der Waals surface area contributed by atoms with Gasteiger partial charge in [-0.25, -0.2) is 0 Å². The van der Waals surface area contributed by atoms with Crippen molar-refractivity contribution < 1.29 is 9.90 Å². The zero-order chi connectivity index (χ0) is 17.9. The first-order valence-electron chi connectivity index (χ1n) is 9.38. The van der Waals surface area contributed by atoms with Crippen molar-refractivity contribution in [3.63, 3.8) is 0 Å². The van der Waals surface area contributed by atoms with Crippen molar-refractivity contribution in [3.05, 3.63) is 52.5 Å². The number of nitrogens with zero attached hydrogens (tertiary/aromatic N) is 2. The molecule has 1 saturated carbocycles. The van der Waals surface area contributed by atoms with Crippen molar-refractivity contribution in [3.8, 4) is 0 Å². The molecule has 0 spiro atoms. The van der Waals surface area contributed by atoms with Crippen LogP contribution in [0.3, 0.4) is 0 Å². The Hall–Kier alpha value is -1.76. The molecular weight excluding hydrogens is 346 g/mol. The van der Waals surface area contributed by atoms with Crippen molar-refractivity contribution in [1.82, 2.24) is 15.2 Å². The molecule has 5 nitrogen and oxygen atoms in total. The van der Waals surface area contributed by atoms with Crippen LogP contribution < -0.4 is 5.32 Å². The Morgan fingerprint density at radius 2 is 2.04 bits per heavy atom. The van der Waals surface area contributed by atoms with Crippen LogP contribution in [0.25, 0.3) is 0 Å². The summed E-state index contributed by atoms with van der Waals surface area (Å²) in [6.45, 7) is 1.52. The monoisotopic (exact) mass is 371 g/mol. The van der Waals surface area contributed by atoms with Crippen molar-refractivity contribution in [2.24, 2.45) is 5.92 Å². The van der Waals surface area contributed by atoms with Crippen molar-refractivity contribution in [2.45, 2.75) is 43.9 Å². The van der Waals surface area contributed by atoms with Crippen LogP contribution in [0.2, 0.25) is 0 Å². The van der Waals surface area contributed by atoms with Gasteiger partial charge in [-0.3, -0.25) is 9.78 Å². The molecule has 138 valence electrons. The van der Waals surface area contributed by atoms with Gasteiger partial charge >= 0.3 is 0 Å². The van der Waals surface area contributed by atoms with Crippen LogP contribution in [-0.2, 0) is 0 Å². The first-order valence-corrected chi connectivity index (χ1v) is 10.3. The summed E-state index contributed by atoms with van der Waals surface area (Å²) in [6.07, 6.45) is 5.20. The minimum absolute atomic E-state index is 0.0287. The molecule has 2 aliphatic rings. The van der Waals surface area contributed by atoms with Crippen molar-refractivity contribution in [1.29, 1.82) is 0 Å². The van der Waals surface area contributed by atoms with Gasteiger partial charge < -0.3 is 15.3 Å². The van der Waals surface area contributed by atoms with Crippen LogP contribution in [0.4, 0.5) is 0 Å². The van der Waals surface area contributed by atoms with Gasteiger partial charge in [0.05, 0.1) is 6.10 Å². The summed E-state index contributed by atoms with van der Waals surface area (Å²) in [7, 11) is 0. The van der Waals surface area contributed by atoms with E-state index in [1.807, 2.05) is 17.0 Å². The molecule has 6 heteroatoms. The van der Waals surface area contributed by atoms with E-state index in [2.05, 4.69) is 27.8 Å². The Bertz CT molecular complexity index is 708. The molecule has 1 aliphatic heterocycles. The second-order valence-corrected chi connectivity index (χ2v) is 8.31. The number of piperidine rings is 1. The summed E-state index contributed by atoms with van der Waals surface area (Å²) in [4.78, 5) is 20.0. The van der Waals surface area contributed by atoms with E-state index in [-0.39, 0.29) is 12.0 Å². The van der Waals surface area contributed by atoms with Crippen LogP contribution in [0.1, 0.15) is 47.1 Å². The van der Waals surface area contributed by atoms with Gasteiger partial charge in [-0.2, -0.15) is 0 Å². The average Bonchev–Trinajstić information content (AvgIpc) is 3.19. The number of aliphatic hydroxyl groups excluding tert-OH is 1. The lowest BCUT2D eigenvalue weighted by atomic mass is 9.76. The Morgan fingerprint density at radius 3 is 2.65 bits per heavy atom. The molecule has 1 saturated heterocycles. The largest absolute Gasteiger partial charge is 0.393 e. The highest BCUT2D eigenvalue weighted by Crippen LogP contribution is 2.40. The second-order valence-electron chi connectivity index (χ2n) is 7.33. The molecule has 4 rings (SSSR count). The van der Waals surface area contributed by atoms with E-state index in [9.17, 15) is 9.90 Å². The molecule has 1 amide bonds. The second kappa shape index (κ2) is 7.86. The molecule has 2 aromatic rings. The molecule has 1 atom stereocenters. The molecule has 0 bridgehead atoms. The minimum Gasteiger partial charge on any atom is -0.393 e. The quantitative estimate of drug-likeness (QED) is 0.848. The van der Waals surface area contributed by atoms with Crippen molar-refractivity contribution >= 4 is 17.2 Å². The maximum absolute atomic E-state index is 12.5. The SMILES string of the molecule is O=C(c1ccccn1)N1CCC(N[C@H](c2cccs2)C2CC(O)C2)CC1. The van der Waals surface area contributed by atoms with E-state index in [1.165, 1.54) is 4.88 Å². The van der Waals surface area contributed by atoms with E-state index < -0.39 is 0 Å². The molecule has 0 unspecified atom stereocenters. The zero-order valence-electron chi connectivity index (χ0n) is 14.8. The number of thiophene rings is 1. The van der Waals surface area contributed by atoms with Crippen LogP contribution in [0.5, 0.6) is 0 Å². The summed E-state index contributed by atoms with van der Waals surface area (Å²) in [5.74, 6) is 0.540. The Balaban J connectivity index is 1.34. The third-order valence-corrected chi connectivity index (χ3v) is 6.51.